The SMILES string of the molecule is CC(CNC1CCC1)C1CC1. The quantitative estimate of drug-likeness (QED) is 0.652. The molecule has 0 aromatic carbocycles. The van der Waals surface area contributed by atoms with Crippen LogP contribution in [0.3, 0.4) is 0 Å². The van der Waals surface area contributed by atoms with E-state index in [1.165, 1.54) is 38.6 Å². The summed E-state index contributed by atoms with van der Waals surface area (Å²) in [6, 6.07) is 0.885. The molecular weight excluding hydrogens is 134 g/mol. The molecule has 11 heavy (non-hydrogen) atoms. The third-order valence-corrected chi connectivity index (χ3v) is 3.26. The fourth-order valence-corrected chi connectivity index (χ4v) is 1.80. The Morgan fingerprint density at radius 1 is 1.27 bits per heavy atom. The Kier molecular flexibility index (Phi) is 2.17. The largest absolute Gasteiger partial charge is 0.314 e. The van der Waals surface area contributed by atoms with Gasteiger partial charge in [-0.15, -0.1) is 0 Å². The smallest absolute Gasteiger partial charge is 0.00671 e. The van der Waals surface area contributed by atoms with Gasteiger partial charge in [0.1, 0.15) is 0 Å². The molecule has 0 radical (unpaired) electrons. The standard InChI is InChI=1S/C10H19N/c1-8(9-5-6-9)7-11-10-3-2-4-10/h8-11H,2-7H2,1H3. The van der Waals surface area contributed by atoms with E-state index in [4.69, 9.17) is 0 Å². The minimum Gasteiger partial charge on any atom is -0.314 e. The van der Waals surface area contributed by atoms with E-state index in [1.807, 2.05) is 0 Å². The normalized spacial score (nSPS) is 28.1. The highest BCUT2D eigenvalue weighted by molar-refractivity contribution is 4.83. The molecule has 0 spiro atoms. The van der Waals surface area contributed by atoms with Crippen molar-refractivity contribution < 1.29 is 0 Å². The van der Waals surface area contributed by atoms with Crippen LogP contribution in [0, 0.1) is 11.8 Å². The van der Waals surface area contributed by atoms with Gasteiger partial charge in [0.15, 0.2) is 0 Å². The van der Waals surface area contributed by atoms with E-state index in [0.717, 1.165) is 17.9 Å². The van der Waals surface area contributed by atoms with Crippen molar-refractivity contribution in [2.24, 2.45) is 11.8 Å². The molecule has 1 N–H and O–H groups in total. The van der Waals surface area contributed by atoms with Crippen LogP contribution in [0.15, 0.2) is 0 Å². The Hall–Kier alpha value is -0.0400. The van der Waals surface area contributed by atoms with E-state index in [0.29, 0.717) is 0 Å². The average Bonchev–Trinajstić information content (AvgIpc) is 2.64. The lowest BCUT2D eigenvalue weighted by Crippen LogP contribution is -2.38. The first-order chi connectivity index (χ1) is 5.36. The minimum absolute atomic E-state index is 0.885. The van der Waals surface area contributed by atoms with E-state index < -0.39 is 0 Å². The Balaban J connectivity index is 1.57. The molecule has 0 heterocycles. The predicted octanol–water partition coefficient (Wildman–Crippen LogP) is 2.17. The zero-order chi connectivity index (χ0) is 7.68. The number of hydrogen-bond donors (Lipinski definition) is 1. The molecule has 64 valence electrons. The van der Waals surface area contributed by atoms with Crippen molar-refractivity contribution in [2.45, 2.75) is 45.1 Å². The van der Waals surface area contributed by atoms with Gasteiger partial charge in [-0.1, -0.05) is 13.3 Å². The molecule has 2 saturated carbocycles. The lowest BCUT2D eigenvalue weighted by molar-refractivity contribution is 0.312. The molecule has 2 aliphatic rings. The van der Waals surface area contributed by atoms with Gasteiger partial charge in [-0.2, -0.15) is 0 Å². The summed E-state index contributed by atoms with van der Waals surface area (Å²) in [5.41, 5.74) is 0. The molecule has 0 aliphatic heterocycles. The summed E-state index contributed by atoms with van der Waals surface area (Å²) < 4.78 is 0. The van der Waals surface area contributed by atoms with Crippen molar-refractivity contribution in [1.29, 1.82) is 0 Å². The van der Waals surface area contributed by atoms with Gasteiger partial charge in [-0.25, -0.2) is 0 Å². The van der Waals surface area contributed by atoms with Crippen LogP contribution in [0.4, 0.5) is 0 Å². The lowest BCUT2D eigenvalue weighted by Gasteiger charge is -2.28. The van der Waals surface area contributed by atoms with Crippen molar-refractivity contribution >= 4 is 0 Å². The number of rotatable bonds is 4. The summed E-state index contributed by atoms with van der Waals surface area (Å²) in [5.74, 6) is 2.01. The van der Waals surface area contributed by atoms with Crippen LogP contribution in [0.1, 0.15) is 39.0 Å². The van der Waals surface area contributed by atoms with Crippen LogP contribution in [0.25, 0.3) is 0 Å². The van der Waals surface area contributed by atoms with Crippen LogP contribution < -0.4 is 5.32 Å². The maximum atomic E-state index is 3.64. The molecule has 2 fully saturated rings. The minimum atomic E-state index is 0.885. The van der Waals surface area contributed by atoms with Crippen molar-refractivity contribution in [2.75, 3.05) is 6.54 Å². The summed E-state index contributed by atoms with van der Waals surface area (Å²) >= 11 is 0. The molecule has 1 nitrogen and oxygen atoms in total. The topological polar surface area (TPSA) is 12.0 Å². The Bertz CT molecular complexity index is 125. The molecule has 0 bridgehead atoms. The van der Waals surface area contributed by atoms with Crippen LogP contribution in [0.2, 0.25) is 0 Å². The third kappa shape index (κ3) is 1.96. The Morgan fingerprint density at radius 2 is 2.00 bits per heavy atom. The monoisotopic (exact) mass is 153 g/mol. The molecule has 0 aromatic rings. The third-order valence-electron chi connectivity index (χ3n) is 3.26. The Labute approximate surface area is 69.6 Å². The van der Waals surface area contributed by atoms with E-state index in [-0.39, 0.29) is 0 Å². The van der Waals surface area contributed by atoms with Crippen LogP contribution in [0.5, 0.6) is 0 Å². The first-order valence-corrected chi connectivity index (χ1v) is 5.09. The van der Waals surface area contributed by atoms with E-state index in [2.05, 4.69) is 12.2 Å². The maximum absolute atomic E-state index is 3.64. The molecule has 0 saturated heterocycles. The van der Waals surface area contributed by atoms with Crippen molar-refractivity contribution in [3.63, 3.8) is 0 Å². The summed E-state index contributed by atoms with van der Waals surface area (Å²) in [7, 11) is 0. The second kappa shape index (κ2) is 3.14. The van der Waals surface area contributed by atoms with Gasteiger partial charge >= 0.3 is 0 Å². The zero-order valence-corrected chi connectivity index (χ0v) is 7.47. The Morgan fingerprint density at radius 3 is 2.45 bits per heavy atom. The molecule has 0 aromatic heterocycles. The molecule has 2 aliphatic carbocycles. The molecule has 1 atom stereocenters. The van der Waals surface area contributed by atoms with Gasteiger partial charge in [0, 0.05) is 6.04 Å². The molecule has 2 rings (SSSR count). The fraction of sp³-hybridized carbons (Fsp3) is 1.00. The average molecular weight is 153 g/mol. The van der Waals surface area contributed by atoms with Gasteiger partial charge in [0.25, 0.3) is 0 Å². The van der Waals surface area contributed by atoms with Gasteiger partial charge < -0.3 is 5.32 Å². The van der Waals surface area contributed by atoms with E-state index in [9.17, 15) is 0 Å². The summed E-state index contributed by atoms with van der Waals surface area (Å²) in [6.45, 7) is 3.67. The van der Waals surface area contributed by atoms with Crippen LogP contribution >= 0.6 is 0 Å². The highest BCUT2D eigenvalue weighted by Crippen LogP contribution is 2.36. The van der Waals surface area contributed by atoms with Crippen molar-refractivity contribution in [1.82, 2.24) is 5.32 Å². The first kappa shape index (κ1) is 7.60. The highest BCUT2D eigenvalue weighted by Gasteiger charge is 2.28. The number of hydrogen-bond acceptors (Lipinski definition) is 1. The maximum Gasteiger partial charge on any atom is 0.00671 e. The lowest BCUT2D eigenvalue weighted by atomic mass is 9.92. The van der Waals surface area contributed by atoms with Crippen molar-refractivity contribution in [3.05, 3.63) is 0 Å². The summed E-state index contributed by atoms with van der Waals surface area (Å²) in [5, 5.41) is 3.64. The molecule has 1 unspecified atom stereocenters. The van der Waals surface area contributed by atoms with Gasteiger partial charge in [0.2, 0.25) is 0 Å². The van der Waals surface area contributed by atoms with Crippen molar-refractivity contribution in [3.8, 4) is 0 Å². The van der Waals surface area contributed by atoms with Gasteiger partial charge in [-0.05, 0) is 44.1 Å². The highest BCUT2D eigenvalue weighted by atomic mass is 14.9. The van der Waals surface area contributed by atoms with E-state index in [1.54, 1.807) is 0 Å². The van der Waals surface area contributed by atoms with Crippen LogP contribution in [-0.2, 0) is 0 Å². The molecule has 0 amide bonds. The summed E-state index contributed by atoms with van der Waals surface area (Å²) in [4.78, 5) is 0. The fourth-order valence-electron chi connectivity index (χ4n) is 1.80. The molecular formula is C10H19N. The van der Waals surface area contributed by atoms with Crippen LogP contribution in [-0.4, -0.2) is 12.6 Å². The molecule has 1 heteroatoms. The summed E-state index contributed by atoms with van der Waals surface area (Å²) in [6.07, 6.45) is 7.30. The zero-order valence-electron chi connectivity index (χ0n) is 7.47. The van der Waals surface area contributed by atoms with Gasteiger partial charge in [0.05, 0.1) is 0 Å². The number of nitrogens with one attached hydrogen (secondary N) is 1. The van der Waals surface area contributed by atoms with Gasteiger partial charge in [-0.3, -0.25) is 0 Å². The second-order valence-corrected chi connectivity index (χ2v) is 4.35. The van der Waals surface area contributed by atoms with E-state index >= 15 is 0 Å². The second-order valence-electron chi connectivity index (χ2n) is 4.35. The predicted molar refractivity (Wildman–Crippen MR) is 47.5 cm³/mol. The first-order valence-electron chi connectivity index (χ1n) is 5.09.